The molecule has 0 atom stereocenters. The van der Waals surface area contributed by atoms with Gasteiger partial charge in [0.05, 0.1) is 23.0 Å². The number of hydrogen-bond acceptors (Lipinski definition) is 7. The lowest BCUT2D eigenvalue weighted by Gasteiger charge is -2.16. The van der Waals surface area contributed by atoms with Gasteiger partial charge in [-0.2, -0.15) is 0 Å². The first kappa shape index (κ1) is 20.0. The number of nitrogens with one attached hydrogen (secondary N) is 1. The Morgan fingerprint density at radius 1 is 1.21 bits per heavy atom. The molecule has 8 nitrogen and oxygen atoms in total. The fourth-order valence-corrected chi connectivity index (χ4v) is 5.34. The van der Waals surface area contributed by atoms with E-state index >= 15 is 0 Å². The highest BCUT2D eigenvalue weighted by Crippen LogP contribution is 2.38. The van der Waals surface area contributed by atoms with Gasteiger partial charge in [-0.3, -0.25) is 0 Å². The number of carboxylic acid groups (broad SMARTS) is 1. The van der Waals surface area contributed by atoms with Crippen molar-refractivity contribution in [2.24, 2.45) is 0 Å². The molecular formula is C18H18N2O6S2. The number of carbonyl (C=O) groups is 1. The van der Waals surface area contributed by atoms with Crippen molar-refractivity contribution in [2.45, 2.75) is 28.8 Å². The number of sulfone groups is 1. The van der Waals surface area contributed by atoms with Crippen molar-refractivity contribution in [1.82, 2.24) is 9.97 Å². The lowest BCUT2D eigenvalue weighted by molar-refractivity contribution is -0.139. The molecule has 3 aromatic rings. The number of aromatic nitrogens is 2. The van der Waals surface area contributed by atoms with Crippen molar-refractivity contribution in [1.29, 1.82) is 0 Å². The number of ether oxygens (including phenoxy) is 2. The monoisotopic (exact) mass is 422 g/mol. The zero-order valence-corrected chi connectivity index (χ0v) is 17.0. The van der Waals surface area contributed by atoms with Gasteiger partial charge in [0, 0.05) is 0 Å². The van der Waals surface area contributed by atoms with Gasteiger partial charge in [-0.15, -0.1) is 12.6 Å². The van der Waals surface area contributed by atoms with Crippen LogP contribution in [-0.2, 0) is 14.6 Å². The Kier molecular flexibility index (Phi) is 5.26. The van der Waals surface area contributed by atoms with E-state index in [1.54, 1.807) is 19.9 Å². The fraction of sp³-hybridized carbons (Fsp3) is 0.222. The molecule has 1 aromatic heterocycles. The van der Waals surface area contributed by atoms with Crippen molar-refractivity contribution in [2.75, 3.05) is 13.7 Å². The average Bonchev–Trinajstić information content (AvgIpc) is 2.97. The fourth-order valence-electron chi connectivity index (χ4n) is 3.11. The van der Waals surface area contributed by atoms with E-state index in [2.05, 4.69) is 22.6 Å². The van der Waals surface area contributed by atoms with E-state index in [4.69, 9.17) is 14.6 Å². The van der Waals surface area contributed by atoms with Gasteiger partial charge >= 0.3 is 5.97 Å². The van der Waals surface area contributed by atoms with Crippen LogP contribution < -0.4 is 9.47 Å². The third-order valence-electron chi connectivity index (χ3n) is 4.12. The first-order valence-corrected chi connectivity index (χ1v) is 10.0. The number of rotatable bonds is 6. The number of benzene rings is 2. The maximum absolute atomic E-state index is 13.6. The molecule has 0 aliphatic rings. The van der Waals surface area contributed by atoms with Crippen molar-refractivity contribution < 1.29 is 27.8 Å². The quantitative estimate of drug-likeness (QED) is 0.523. The Bertz CT molecular complexity index is 1160. The van der Waals surface area contributed by atoms with Crippen molar-refractivity contribution in [3.8, 4) is 11.5 Å². The van der Waals surface area contributed by atoms with E-state index in [0.717, 1.165) is 0 Å². The molecular weight excluding hydrogens is 404 g/mol. The maximum atomic E-state index is 13.6. The van der Waals surface area contributed by atoms with Gasteiger partial charge in [-0.1, -0.05) is 0 Å². The van der Waals surface area contributed by atoms with Gasteiger partial charge in [-0.05, 0) is 49.2 Å². The highest BCUT2D eigenvalue weighted by Gasteiger charge is 2.30. The summed E-state index contributed by atoms with van der Waals surface area (Å²) in [7, 11) is -2.62. The number of aliphatic carboxylic acids is 1. The Balaban J connectivity index is 2.22. The van der Waals surface area contributed by atoms with Crippen molar-refractivity contribution >= 4 is 39.5 Å². The molecule has 0 spiro atoms. The maximum Gasteiger partial charge on any atom is 0.341 e. The molecule has 0 fully saturated rings. The normalized spacial score (nSPS) is 11.6. The highest BCUT2D eigenvalue weighted by molar-refractivity contribution is 7.92. The van der Waals surface area contributed by atoms with Gasteiger partial charge in [0.1, 0.15) is 16.4 Å². The van der Waals surface area contributed by atoms with Crippen LogP contribution in [0.2, 0.25) is 0 Å². The predicted molar refractivity (Wildman–Crippen MR) is 104 cm³/mol. The summed E-state index contributed by atoms with van der Waals surface area (Å²) in [6.07, 6.45) is 0. The molecule has 3 rings (SSSR count). The Labute approximate surface area is 166 Å². The second-order valence-corrected chi connectivity index (χ2v) is 8.37. The zero-order chi connectivity index (χ0) is 20.6. The Hall–Kier alpha value is -2.72. The van der Waals surface area contributed by atoms with E-state index in [9.17, 15) is 13.2 Å². The summed E-state index contributed by atoms with van der Waals surface area (Å²) in [5.41, 5.74) is 1.59. The standard InChI is InChI=1S/C18H18N2O6S2/c1-9-6-11(26-8-14(21)22)7-10(2)16(9)28(23,24)17-13(25-3)5-4-12-15(17)20-18(27)19-12/h4-7H,8H2,1-3H3,(H,21,22)(H2,19,20,27). The number of fused-ring (bicyclic) bond motifs is 1. The number of H-pyrrole nitrogens is 1. The van der Waals surface area contributed by atoms with E-state index in [1.807, 2.05) is 0 Å². The number of nitrogens with zero attached hydrogens (tertiary/aromatic N) is 1. The van der Waals surface area contributed by atoms with Crippen LogP contribution in [0.15, 0.2) is 39.2 Å². The Morgan fingerprint density at radius 3 is 2.43 bits per heavy atom. The molecule has 0 aliphatic heterocycles. The number of aromatic amines is 1. The van der Waals surface area contributed by atoms with Crippen molar-refractivity contribution in [3.05, 3.63) is 35.4 Å². The largest absolute Gasteiger partial charge is 0.495 e. The molecule has 0 saturated carbocycles. The molecule has 148 valence electrons. The van der Waals surface area contributed by atoms with Crippen LogP contribution in [0.3, 0.4) is 0 Å². The Morgan fingerprint density at radius 2 is 1.86 bits per heavy atom. The van der Waals surface area contributed by atoms with Gasteiger partial charge in [-0.25, -0.2) is 18.2 Å². The van der Waals surface area contributed by atoms with Gasteiger partial charge < -0.3 is 19.6 Å². The van der Waals surface area contributed by atoms with Crippen LogP contribution in [-0.4, -0.2) is 43.2 Å². The smallest absolute Gasteiger partial charge is 0.341 e. The number of thiol groups is 1. The number of carboxylic acids is 1. The molecule has 28 heavy (non-hydrogen) atoms. The molecule has 2 aromatic carbocycles. The number of aryl methyl sites for hydroxylation is 2. The molecule has 1 heterocycles. The van der Waals surface area contributed by atoms with E-state index < -0.39 is 22.4 Å². The molecule has 0 aliphatic carbocycles. The van der Waals surface area contributed by atoms with E-state index in [0.29, 0.717) is 22.2 Å². The second kappa shape index (κ2) is 7.36. The minimum Gasteiger partial charge on any atom is -0.495 e. The summed E-state index contributed by atoms with van der Waals surface area (Å²) < 4.78 is 37.6. The summed E-state index contributed by atoms with van der Waals surface area (Å²) in [5, 5.41) is 9.04. The van der Waals surface area contributed by atoms with E-state index in [-0.39, 0.29) is 26.4 Å². The summed E-state index contributed by atoms with van der Waals surface area (Å²) in [5.74, 6) is -0.666. The van der Waals surface area contributed by atoms with Crippen LogP contribution in [0, 0.1) is 13.8 Å². The summed E-state index contributed by atoms with van der Waals surface area (Å²) in [6, 6.07) is 6.17. The van der Waals surface area contributed by atoms with Crippen LogP contribution >= 0.6 is 12.6 Å². The minimum absolute atomic E-state index is 0.0364. The third-order valence-corrected chi connectivity index (χ3v) is 6.45. The minimum atomic E-state index is -4.01. The third kappa shape index (κ3) is 3.52. The van der Waals surface area contributed by atoms with Gasteiger partial charge in [0.25, 0.3) is 0 Å². The van der Waals surface area contributed by atoms with Gasteiger partial charge in [0.15, 0.2) is 11.8 Å². The van der Waals surface area contributed by atoms with Crippen LogP contribution in [0.1, 0.15) is 11.1 Å². The van der Waals surface area contributed by atoms with Crippen molar-refractivity contribution in [3.63, 3.8) is 0 Å². The molecule has 0 amide bonds. The molecule has 0 bridgehead atoms. The summed E-state index contributed by atoms with van der Waals surface area (Å²) >= 11 is 4.16. The second-order valence-electron chi connectivity index (χ2n) is 6.12. The van der Waals surface area contributed by atoms with Gasteiger partial charge in [0.2, 0.25) is 9.84 Å². The van der Waals surface area contributed by atoms with Crippen LogP contribution in [0.25, 0.3) is 11.0 Å². The molecule has 2 N–H and O–H groups in total. The molecule has 0 unspecified atom stereocenters. The van der Waals surface area contributed by atoms with E-state index in [1.165, 1.54) is 25.3 Å². The summed E-state index contributed by atoms with van der Waals surface area (Å²) in [4.78, 5) is 17.8. The first-order chi connectivity index (χ1) is 13.1. The number of methoxy groups -OCH3 is 1. The predicted octanol–water partition coefficient (Wildman–Crippen LogP) is 2.77. The lowest BCUT2D eigenvalue weighted by atomic mass is 10.1. The van der Waals surface area contributed by atoms with Crippen LogP contribution in [0.5, 0.6) is 11.5 Å². The lowest BCUT2D eigenvalue weighted by Crippen LogP contribution is -2.12. The first-order valence-electron chi connectivity index (χ1n) is 8.11. The SMILES string of the molecule is COc1ccc2nc(S)[nH]c2c1S(=O)(=O)c1c(C)cc(OCC(=O)O)cc1C. The molecule has 10 heteroatoms. The number of hydrogen-bond donors (Lipinski definition) is 3. The zero-order valence-electron chi connectivity index (χ0n) is 15.3. The highest BCUT2D eigenvalue weighted by atomic mass is 32.2. The topological polar surface area (TPSA) is 119 Å². The van der Waals surface area contributed by atoms with Crippen LogP contribution in [0.4, 0.5) is 0 Å². The molecule has 0 radical (unpaired) electrons. The number of imidazole rings is 1. The summed E-state index contributed by atoms with van der Waals surface area (Å²) in [6.45, 7) is 2.73. The average molecular weight is 422 g/mol. The molecule has 0 saturated heterocycles.